The lowest BCUT2D eigenvalue weighted by Crippen LogP contribution is -2.50. The van der Waals surface area contributed by atoms with Gasteiger partial charge in [-0.3, -0.25) is 13.9 Å². The quantitative estimate of drug-likeness (QED) is 0.125. The Morgan fingerprint density at radius 1 is 1.08 bits per heavy atom. The number of alkyl halides is 2. The number of carbonyl (C=O) groups is 2. The van der Waals surface area contributed by atoms with Crippen molar-refractivity contribution in [2.75, 3.05) is 31.3 Å². The van der Waals surface area contributed by atoms with Crippen molar-refractivity contribution in [2.24, 2.45) is 0 Å². The minimum atomic E-state index is -4.71. The number of imidazole rings is 1. The van der Waals surface area contributed by atoms with Crippen LogP contribution in [0.3, 0.4) is 0 Å². The normalized spacial score (nSPS) is 23.2. The number of halogens is 2. The maximum Gasteiger partial charge on any atom is 0.509 e. The molecule has 0 bridgehead atoms. The lowest BCUT2D eigenvalue weighted by atomic mass is 9.97. The highest BCUT2D eigenvalue weighted by Gasteiger charge is 2.68. The summed E-state index contributed by atoms with van der Waals surface area (Å²) in [6, 6.07) is 14.9. The van der Waals surface area contributed by atoms with Gasteiger partial charge in [-0.25, -0.2) is 23.1 Å². The van der Waals surface area contributed by atoms with Gasteiger partial charge < -0.3 is 34.1 Å². The summed E-state index contributed by atoms with van der Waals surface area (Å²) in [4.78, 5) is 39.8. The highest BCUT2D eigenvalue weighted by molar-refractivity contribution is 7.52. The Labute approximate surface area is 298 Å². The van der Waals surface area contributed by atoms with Gasteiger partial charge in [-0.2, -0.15) is 15.1 Å². The maximum atomic E-state index is 17.3. The number of carbonyl (C=O) groups excluding carboxylic acids is 2. The number of para-hydroxylation sites is 1. The molecule has 16 nitrogen and oxygen atoms in total. The molecular formula is C33H40F2N7O9P. The molecule has 1 saturated heterocycles. The first kappa shape index (κ1) is 38.3. The Morgan fingerprint density at radius 2 is 1.73 bits per heavy atom. The number of nitrogens with zero attached hydrogens (tertiary/aromatic N) is 5. The molecule has 2 aromatic carbocycles. The first-order valence-electron chi connectivity index (χ1n) is 16.1. The minimum absolute atomic E-state index is 0.0207. The highest BCUT2D eigenvalue weighted by atomic mass is 31.2. The van der Waals surface area contributed by atoms with E-state index < -0.39 is 62.5 Å². The van der Waals surface area contributed by atoms with Gasteiger partial charge in [-0.15, -0.1) is 0 Å². The number of ether oxygens (including phenoxy) is 4. The summed E-state index contributed by atoms with van der Waals surface area (Å²) in [5, 5.41) is 2.43. The van der Waals surface area contributed by atoms with Crippen molar-refractivity contribution >= 4 is 42.8 Å². The average molecular weight is 748 g/mol. The van der Waals surface area contributed by atoms with Crippen LogP contribution in [-0.4, -0.2) is 82.1 Å². The number of nitrogen functional groups attached to an aromatic ring is 1. The average Bonchev–Trinajstić information content (AvgIpc) is 3.58. The molecule has 2 unspecified atom stereocenters. The summed E-state index contributed by atoms with van der Waals surface area (Å²) < 4.78 is 82.3. The molecule has 0 saturated carbocycles. The molecule has 280 valence electrons. The van der Waals surface area contributed by atoms with Gasteiger partial charge in [-0.1, -0.05) is 48.5 Å². The summed E-state index contributed by atoms with van der Waals surface area (Å²) in [6.07, 6.45) is -5.15. The molecule has 0 radical (unpaired) electrons. The van der Waals surface area contributed by atoms with E-state index in [2.05, 4.69) is 20.0 Å². The Bertz CT molecular complexity index is 1920. The van der Waals surface area contributed by atoms with Gasteiger partial charge in [-0.05, 0) is 45.4 Å². The van der Waals surface area contributed by atoms with Crippen LogP contribution in [0.4, 0.5) is 25.3 Å². The largest absolute Gasteiger partial charge is 0.509 e. The van der Waals surface area contributed by atoms with E-state index in [0.29, 0.717) is 5.56 Å². The van der Waals surface area contributed by atoms with Crippen LogP contribution in [0, 0.1) is 0 Å². The molecule has 19 heteroatoms. The molecule has 3 heterocycles. The van der Waals surface area contributed by atoms with Gasteiger partial charge in [0.15, 0.2) is 28.9 Å². The van der Waals surface area contributed by atoms with Crippen molar-refractivity contribution < 1.29 is 50.9 Å². The second kappa shape index (κ2) is 15.4. The standard InChI is InChI=1S/C33H40F2N7O9P/c1-20(2)48-27(43)21(3)40-52(45,51-23-15-11-8-12-16-23)47-18-33(35)28(49-31(44)46-17-22-13-9-7-10-14-22)32(4,34)29(50-33)42-19-37-24-25(41(5)6)38-30(36)39-26(24)42/h7-16,19-21,28-29H,17-18H2,1-6H3,(H,40,45)(H2,36,38,39)/t21?,28-,29+,32+,33+,52?/m0/s1. The zero-order valence-electron chi connectivity index (χ0n) is 29.3. The van der Waals surface area contributed by atoms with Crippen LogP contribution in [0.1, 0.15) is 39.5 Å². The molecule has 1 aliphatic heterocycles. The van der Waals surface area contributed by atoms with Crippen molar-refractivity contribution in [3.8, 4) is 5.75 Å². The van der Waals surface area contributed by atoms with Gasteiger partial charge in [0.25, 0.3) is 5.85 Å². The topological polar surface area (TPSA) is 191 Å². The lowest BCUT2D eigenvalue weighted by Gasteiger charge is -2.30. The monoisotopic (exact) mass is 747 g/mol. The summed E-state index contributed by atoms with van der Waals surface area (Å²) in [6.45, 7) is 3.86. The lowest BCUT2D eigenvalue weighted by molar-refractivity contribution is -0.206. The van der Waals surface area contributed by atoms with Crippen molar-refractivity contribution in [3.63, 3.8) is 0 Å². The summed E-state index contributed by atoms with van der Waals surface area (Å²) in [5.41, 5.74) is 3.77. The molecular weight excluding hydrogens is 707 g/mol. The van der Waals surface area contributed by atoms with Crippen LogP contribution in [0.15, 0.2) is 67.0 Å². The number of nitrogens with one attached hydrogen (secondary N) is 1. The number of anilines is 2. The third-order valence-corrected chi connectivity index (χ3v) is 9.29. The first-order valence-corrected chi connectivity index (χ1v) is 17.6. The highest BCUT2D eigenvalue weighted by Crippen LogP contribution is 2.53. The van der Waals surface area contributed by atoms with E-state index in [-0.39, 0.29) is 35.3 Å². The smallest absolute Gasteiger partial charge is 0.462 e. The number of hydrogen-bond donors (Lipinski definition) is 2. The van der Waals surface area contributed by atoms with Gasteiger partial charge in [0.05, 0.1) is 12.4 Å². The van der Waals surface area contributed by atoms with Crippen LogP contribution in [-0.2, 0) is 39.4 Å². The molecule has 2 aromatic heterocycles. The van der Waals surface area contributed by atoms with Crippen molar-refractivity contribution in [1.29, 1.82) is 0 Å². The molecule has 3 N–H and O–H groups in total. The van der Waals surface area contributed by atoms with Gasteiger partial charge in [0.1, 0.15) is 25.0 Å². The van der Waals surface area contributed by atoms with E-state index in [9.17, 15) is 14.2 Å². The Hall–Kier alpha value is -4.90. The van der Waals surface area contributed by atoms with Crippen LogP contribution in [0.5, 0.6) is 5.75 Å². The van der Waals surface area contributed by atoms with E-state index in [0.717, 1.165) is 17.8 Å². The van der Waals surface area contributed by atoms with E-state index in [1.54, 1.807) is 81.4 Å². The number of benzene rings is 2. The van der Waals surface area contributed by atoms with E-state index in [4.69, 9.17) is 33.7 Å². The minimum Gasteiger partial charge on any atom is -0.462 e. The molecule has 0 amide bonds. The number of hydrogen-bond acceptors (Lipinski definition) is 14. The van der Waals surface area contributed by atoms with Crippen LogP contribution >= 0.6 is 7.75 Å². The third-order valence-electron chi connectivity index (χ3n) is 7.66. The SMILES string of the molecule is CC(C)OC(=O)C(C)NP(=O)(OC[C@@]1(F)O[C@@H](n2cnc3c(N(C)C)nc(N)nc32)[C@](C)(F)[C@@H]1OC(=O)OCc1ccccc1)Oc1ccccc1. The third kappa shape index (κ3) is 8.58. The molecule has 0 aliphatic carbocycles. The molecule has 5 rings (SSSR count). The maximum absolute atomic E-state index is 17.3. The molecule has 0 spiro atoms. The Balaban J connectivity index is 1.49. The van der Waals surface area contributed by atoms with Crippen molar-refractivity contribution in [3.05, 3.63) is 72.6 Å². The fourth-order valence-electron chi connectivity index (χ4n) is 5.31. The number of esters is 1. The predicted octanol–water partition coefficient (Wildman–Crippen LogP) is 5.25. The van der Waals surface area contributed by atoms with Crippen LogP contribution < -0.4 is 20.2 Å². The molecule has 52 heavy (non-hydrogen) atoms. The van der Waals surface area contributed by atoms with E-state index in [1.807, 2.05) is 0 Å². The van der Waals surface area contributed by atoms with Crippen molar-refractivity contribution in [2.45, 2.75) is 70.3 Å². The Morgan fingerprint density at radius 3 is 2.37 bits per heavy atom. The molecule has 4 aromatic rings. The summed E-state index contributed by atoms with van der Waals surface area (Å²) in [7, 11) is -1.37. The van der Waals surface area contributed by atoms with Crippen molar-refractivity contribution in [1.82, 2.24) is 24.6 Å². The van der Waals surface area contributed by atoms with Crippen LogP contribution in [0.25, 0.3) is 11.2 Å². The fraction of sp³-hybridized carbons (Fsp3) is 0.424. The zero-order valence-corrected chi connectivity index (χ0v) is 30.2. The van der Waals surface area contributed by atoms with Crippen LogP contribution in [0.2, 0.25) is 0 Å². The summed E-state index contributed by atoms with van der Waals surface area (Å²) >= 11 is 0. The number of fused-ring (bicyclic) bond motifs is 1. The molecule has 6 atom stereocenters. The van der Waals surface area contributed by atoms with E-state index >= 15 is 8.78 Å². The molecule has 1 fully saturated rings. The van der Waals surface area contributed by atoms with Gasteiger partial charge in [0.2, 0.25) is 12.1 Å². The Kier molecular flexibility index (Phi) is 11.3. The first-order chi connectivity index (χ1) is 24.5. The second-order valence-electron chi connectivity index (χ2n) is 12.6. The van der Waals surface area contributed by atoms with Gasteiger partial charge >= 0.3 is 19.9 Å². The zero-order chi connectivity index (χ0) is 37.8. The fourth-order valence-corrected chi connectivity index (χ4v) is 6.82. The molecule has 1 aliphatic rings. The predicted molar refractivity (Wildman–Crippen MR) is 183 cm³/mol. The summed E-state index contributed by atoms with van der Waals surface area (Å²) in [5.74, 6) is -4.08. The second-order valence-corrected chi connectivity index (χ2v) is 14.3. The van der Waals surface area contributed by atoms with Gasteiger partial charge in [0, 0.05) is 14.1 Å². The number of aromatic nitrogens is 4. The van der Waals surface area contributed by atoms with E-state index in [1.165, 1.54) is 19.1 Å². The number of rotatable bonds is 14. The number of nitrogens with two attached hydrogens (primary N) is 1.